The monoisotopic (exact) mass is 322 g/mol. The number of aromatic nitrogens is 2. The van der Waals surface area contributed by atoms with Crippen LogP contribution in [0.25, 0.3) is 11.0 Å². The number of nitrogens with zero attached hydrogens (tertiary/aromatic N) is 1. The lowest BCUT2D eigenvalue weighted by atomic mass is 9.79. The summed E-state index contributed by atoms with van der Waals surface area (Å²) in [4.78, 5) is 7.31. The van der Waals surface area contributed by atoms with Crippen LogP contribution in [0.3, 0.4) is 0 Å². The van der Waals surface area contributed by atoms with Crippen LogP contribution in [-0.4, -0.2) is 34.5 Å². The van der Waals surface area contributed by atoms with E-state index in [9.17, 15) is 0 Å². The number of H-pyrrole nitrogens is 1. The van der Waals surface area contributed by atoms with Gasteiger partial charge in [-0.25, -0.2) is 4.98 Å². The van der Waals surface area contributed by atoms with Gasteiger partial charge in [-0.05, 0) is 51.5 Å². The lowest BCUT2D eigenvalue weighted by Gasteiger charge is -2.32. The molecule has 0 spiro atoms. The Labute approximate surface area is 139 Å². The van der Waals surface area contributed by atoms with Gasteiger partial charge in [-0.15, -0.1) is 0 Å². The summed E-state index contributed by atoms with van der Waals surface area (Å²) in [5.41, 5.74) is 2.36. The van der Waals surface area contributed by atoms with Crippen molar-refractivity contribution in [1.29, 1.82) is 0 Å². The molecule has 0 atom stereocenters. The zero-order valence-corrected chi connectivity index (χ0v) is 15.5. The first-order valence-electron chi connectivity index (χ1n) is 7.62. The van der Waals surface area contributed by atoms with Gasteiger partial charge in [-0.3, -0.25) is 0 Å². The molecule has 1 aliphatic rings. The molecule has 22 heavy (non-hydrogen) atoms. The molecule has 0 aliphatic carbocycles. The van der Waals surface area contributed by atoms with Crippen LogP contribution in [0.5, 0.6) is 0 Å². The first-order chi connectivity index (χ1) is 10.4. The molecule has 0 saturated carbocycles. The molecule has 0 radical (unpaired) electrons. The highest BCUT2D eigenvalue weighted by Gasteiger charge is 2.51. The maximum absolute atomic E-state index is 6.02. The van der Waals surface area contributed by atoms with Gasteiger partial charge in [0.1, 0.15) is 0 Å². The molecule has 1 saturated heterocycles. The Balaban J connectivity index is 0.000000561. The molecule has 4 nitrogen and oxygen atoms in total. The zero-order chi connectivity index (χ0) is 17.0. The van der Waals surface area contributed by atoms with E-state index < -0.39 is 0 Å². The first kappa shape index (κ1) is 19.1. The second kappa shape index (κ2) is 7.53. The van der Waals surface area contributed by atoms with Crippen LogP contribution in [0.15, 0.2) is 24.5 Å². The number of rotatable bonds is 1. The van der Waals surface area contributed by atoms with Crippen LogP contribution in [0.2, 0.25) is 0 Å². The number of benzene rings is 1. The van der Waals surface area contributed by atoms with Crippen LogP contribution < -0.4 is 5.46 Å². The molecule has 1 fully saturated rings. The molecular weight excluding hydrogens is 295 g/mol. The maximum atomic E-state index is 6.02. The molecule has 3 rings (SSSR count). The molecule has 2 heterocycles. The zero-order valence-electron chi connectivity index (χ0n) is 14.6. The van der Waals surface area contributed by atoms with Crippen molar-refractivity contribution in [2.75, 3.05) is 6.26 Å². The lowest BCUT2D eigenvalue weighted by Crippen LogP contribution is -2.41. The van der Waals surface area contributed by atoms with Crippen molar-refractivity contribution in [3.63, 3.8) is 0 Å². The molecule has 0 unspecified atom stereocenters. The van der Waals surface area contributed by atoms with Crippen molar-refractivity contribution in [3.05, 3.63) is 24.5 Å². The van der Waals surface area contributed by atoms with Crippen molar-refractivity contribution in [1.82, 2.24) is 9.97 Å². The Morgan fingerprint density at radius 1 is 1.05 bits per heavy atom. The molecule has 6 heteroatoms. The highest BCUT2D eigenvalue weighted by atomic mass is 32.1. The minimum Gasteiger partial charge on any atom is -0.399 e. The predicted molar refractivity (Wildman–Crippen MR) is 98.1 cm³/mol. The van der Waals surface area contributed by atoms with E-state index in [1.165, 1.54) is 0 Å². The van der Waals surface area contributed by atoms with E-state index in [1.807, 2.05) is 32.0 Å². The average Bonchev–Trinajstić information content (AvgIpc) is 3.05. The van der Waals surface area contributed by atoms with Crippen LogP contribution in [0, 0.1) is 0 Å². The van der Waals surface area contributed by atoms with Crippen LogP contribution in [0.4, 0.5) is 0 Å². The third-order valence-electron chi connectivity index (χ3n) is 3.97. The molecule has 1 N–H and O–H groups in total. The fourth-order valence-corrected chi connectivity index (χ4v) is 2.08. The number of hydrogen-bond donors (Lipinski definition) is 2. The topological polar surface area (TPSA) is 47.1 Å². The summed E-state index contributed by atoms with van der Waals surface area (Å²) in [5, 5.41) is 0. The predicted octanol–water partition coefficient (Wildman–Crippen LogP) is 3.43. The van der Waals surface area contributed by atoms with Gasteiger partial charge in [0.2, 0.25) is 0 Å². The normalized spacial score (nSPS) is 18.3. The molecule has 122 valence electrons. The Bertz CT molecular complexity index is 583. The SMILES string of the molecule is CC.CC1(C)OB(c2ccc3nc[nH]c3c2)OC1(C)C.CS. The van der Waals surface area contributed by atoms with Gasteiger partial charge >= 0.3 is 7.12 Å². The Kier molecular flexibility index (Phi) is 6.53. The quantitative estimate of drug-likeness (QED) is 0.625. The fraction of sp³-hybridized carbons (Fsp3) is 0.562. The summed E-state index contributed by atoms with van der Waals surface area (Å²) in [5.74, 6) is 0. The number of hydrogen-bond acceptors (Lipinski definition) is 4. The minimum absolute atomic E-state index is 0.305. The summed E-state index contributed by atoms with van der Waals surface area (Å²) < 4.78 is 12.0. The van der Waals surface area contributed by atoms with Crippen molar-refractivity contribution < 1.29 is 9.31 Å². The largest absolute Gasteiger partial charge is 0.494 e. The van der Waals surface area contributed by atoms with E-state index in [4.69, 9.17) is 9.31 Å². The summed E-state index contributed by atoms with van der Waals surface area (Å²) in [6.07, 6.45) is 3.39. The number of nitrogens with one attached hydrogen (secondary N) is 1. The van der Waals surface area contributed by atoms with Crippen molar-refractivity contribution in [2.24, 2.45) is 0 Å². The first-order valence-corrected chi connectivity index (χ1v) is 8.52. The molecule has 1 aromatic heterocycles. The van der Waals surface area contributed by atoms with Gasteiger partial charge in [0, 0.05) is 0 Å². The highest BCUT2D eigenvalue weighted by Crippen LogP contribution is 2.36. The van der Waals surface area contributed by atoms with E-state index >= 15 is 0 Å². The third-order valence-corrected chi connectivity index (χ3v) is 3.97. The van der Waals surface area contributed by atoms with Gasteiger partial charge < -0.3 is 14.3 Å². The van der Waals surface area contributed by atoms with Crippen LogP contribution in [-0.2, 0) is 9.31 Å². The fourth-order valence-electron chi connectivity index (χ4n) is 2.08. The van der Waals surface area contributed by atoms with E-state index in [0.29, 0.717) is 0 Å². The minimum atomic E-state index is -0.317. The van der Waals surface area contributed by atoms with E-state index in [-0.39, 0.29) is 18.3 Å². The number of aromatic amines is 1. The summed E-state index contributed by atoms with van der Waals surface area (Å²) in [6.45, 7) is 12.2. The summed E-state index contributed by atoms with van der Waals surface area (Å²) in [6, 6.07) is 6.02. The van der Waals surface area contributed by atoms with Crippen molar-refractivity contribution >= 4 is 36.2 Å². The maximum Gasteiger partial charge on any atom is 0.494 e. The van der Waals surface area contributed by atoms with E-state index in [1.54, 1.807) is 12.6 Å². The molecule has 0 bridgehead atoms. The third kappa shape index (κ3) is 3.67. The second-order valence-electron chi connectivity index (χ2n) is 5.77. The molecule has 2 aromatic rings. The second-order valence-corrected chi connectivity index (χ2v) is 5.77. The number of imidazole rings is 1. The van der Waals surface area contributed by atoms with E-state index in [0.717, 1.165) is 16.5 Å². The van der Waals surface area contributed by atoms with Gasteiger partial charge in [-0.2, -0.15) is 12.6 Å². The smallest absolute Gasteiger partial charge is 0.399 e. The van der Waals surface area contributed by atoms with Crippen LogP contribution in [0.1, 0.15) is 41.5 Å². The highest BCUT2D eigenvalue weighted by molar-refractivity contribution is 7.79. The average molecular weight is 322 g/mol. The molecule has 0 amide bonds. The van der Waals surface area contributed by atoms with Gasteiger partial charge in [0.15, 0.2) is 0 Å². The van der Waals surface area contributed by atoms with Crippen LogP contribution >= 0.6 is 12.6 Å². The molecule has 1 aliphatic heterocycles. The van der Waals surface area contributed by atoms with Gasteiger partial charge in [-0.1, -0.05) is 19.9 Å². The van der Waals surface area contributed by atoms with Crippen molar-refractivity contribution in [2.45, 2.75) is 52.7 Å². The lowest BCUT2D eigenvalue weighted by molar-refractivity contribution is 0.00578. The molecular formula is C16H27BN2O2S. The number of thiol groups is 1. The van der Waals surface area contributed by atoms with E-state index in [2.05, 4.69) is 50.3 Å². The van der Waals surface area contributed by atoms with Gasteiger partial charge in [0.05, 0.1) is 28.6 Å². The molecule has 1 aromatic carbocycles. The summed E-state index contributed by atoms with van der Waals surface area (Å²) in [7, 11) is -0.317. The Morgan fingerprint density at radius 2 is 1.59 bits per heavy atom. The van der Waals surface area contributed by atoms with Crippen molar-refractivity contribution in [3.8, 4) is 0 Å². The Morgan fingerprint density at radius 3 is 2.14 bits per heavy atom. The standard InChI is InChI=1S/C13H17BN2O2.C2H6.CH4S/c1-12(2)13(3,4)18-14(17-12)9-5-6-10-11(7-9)16-8-15-10;2*1-2/h5-8H,1-4H3,(H,15,16);1-2H3;2H,1H3. The number of fused-ring (bicyclic) bond motifs is 1. The Hall–Kier alpha value is -0.975. The van der Waals surface area contributed by atoms with Gasteiger partial charge in [0.25, 0.3) is 0 Å². The summed E-state index contributed by atoms with van der Waals surface area (Å²) >= 11 is 3.53.